The molecule has 2 N–H and O–H groups in total. The van der Waals surface area contributed by atoms with Crippen LogP contribution in [0.2, 0.25) is 0 Å². The molecule has 0 spiro atoms. The molecule has 0 aromatic carbocycles. The van der Waals surface area contributed by atoms with Crippen LogP contribution >= 0.6 is 0 Å². The summed E-state index contributed by atoms with van der Waals surface area (Å²) >= 11 is 0. The van der Waals surface area contributed by atoms with Crippen molar-refractivity contribution >= 4 is 6.03 Å². The van der Waals surface area contributed by atoms with E-state index in [-0.39, 0.29) is 11.7 Å². The summed E-state index contributed by atoms with van der Waals surface area (Å²) in [6.45, 7) is 2.04. The molecule has 3 rings (SSSR count). The van der Waals surface area contributed by atoms with E-state index in [9.17, 15) is 9.59 Å². The molecule has 3 heterocycles. The Bertz CT molecular complexity index is 813. The summed E-state index contributed by atoms with van der Waals surface area (Å²) in [5.74, 6) is 1.37. The molecule has 9 heteroatoms. The molecule has 2 aromatic heterocycles. The summed E-state index contributed by atoms with van der Waals surface area (Å²) in [7, 11) is 1.54. The number of hydrogen-bond acceptors (Lipinski definition) is 5. The van der Waals surface area contributed by atoms with Gasteiger partial charge in [0.2, 0.25) is 5.88 Å². The van der Waals surface area contributed by atoms with Gasteiger partial charge in [0.25, 0.3) is 0 Å². The number of pyridine rings is 1. The zero-order valence-corrected chi connectivity index (χ0v) is 14.9. The van der Waals surface area contributed by atoms with Gasteiger partial charge in [-0.25, -0.2) is 19.3 Å². The molecule has 0 radical (unpaired) electrons. The maximum absolute atomic E-state index is 12.2. The number of carbonyl (C=O) groups excluding carboxylic acids is 1. The molecule has 0 saturated carbocycles. The first kappa shape index (κ1) is 18.0. The van der Waals surface area contributed by atoms with Gasteiger partial charge in [-0.3, -0.25) is 4.57 Å². The fourth-order valence-corrected chi connectivity index (χ4v) is 3.01. The van der Waals surface area contributed by atoms with Gasteiger partial charge >= 0.3 is 11.7 Å². The molecule has 140 valence electrons. The smallest absolute Gasteiger partial charge is 0.345 e. The second-order valence-electron chi connectivity index (χ2n) is 6.17. The molecular formula is C17H24N6O3. The Labute approximate surface area is 151 Å². The lowest BCUT2D eigenvalue weighted by Crippen LogP contribution is -2.36. The summed E-state index contributed by atoms with van der Waals surface area (Å²) < 4.78 is 8.40. The Balaban J connectivity index is 1.40. The third-order valence-corrected chi connectivity index (χ3v) is 4.35. The lowest BCUT2D eigenvalue weighted by Gasteiger charge is -2.09. The molecule has 1 aliphatic heterocycles. The van der Waals surface area contributed by atoms with Crippen molar-refractivity contribution in [3.8, 4) is 5.88 Å². The van der Waals surface area contributed by atoms with Crippen LogP contribution in [-0.4, -0.2) is 39.0 Å². The lowest BCUT2D eigenvalue weighted by atomic mass is 10.2. The number of ether oxygens (including phenoxy) is 1. The Kier molecular flexibility index (Phi) is 5.88. The molecule has 9 nitrogen and oxygen atoms in total. The molecule has 1 aliphatic rings. The number of rotatable bonds is 7. The second kappa shape index (κ2) is 8.50. The summed E-state index contributed by atoms with van der Waals surface area (Å²) in [4.78, 5) is 28.2. The van der Waals surface area contributed by atoms with Crippen molar-refractivity contribution in [2.24, 2.45) is 0 Å². The van der Waals surface area contributed by atoms with Crippen molar-refractivity contribution < 1.29 is 9.53 Å². The first-order valence-corrected chi connectivity index (χ1v) is 8.85. The van der Waals surface area contributed by atoms with Gasteiger partial charge in [0.05, 0.1) is 7.11 Å². The molecule has 2 amide bonds. The molecule has 0 atom stereocenters. The Morgan fingerprint density at radius 3 is 3.04 bits per heavy atom. The van der Waals surface area contributed by atoms with Crippen molar-refractivity contribution in [2.75, 3.05) is 13.7 Å². The van der Waals surface area contributed by atoms with Crippen molar-refractivity contribution in [2.45, 2.75) is 45.3 Å². The first-order chi connectivity index (χ1) is 12.7. The number of urea groups is 1. The van der Waals surface area contributed by atoms with E-state index in [2.05, 4.69) is 20.7 Å². The van der Waals surface area contributed by atoms with Crippen LogP contribution in [0.1, 0.15) is 30.7 Å². The monoisotopic (exact) mass is 360 g/mol. The van der Waals surface area contributed by atoms with E-state index in [1.54, 1.807) is 23.9 Å². The van der Waals surface area contributed by atoms with Crippen LogP contribution in [0.4, 0.5) is 4.79 Å². The third kappa shape index (κ3) is 4.22. The van der Waals surface area contributed by atoms with E-state index < -0.39 is 0 Å². The Morgan fingerprint density at radius 1 is 1.35 bits per heavy atom. The van der Waals surface area contributed by atoms with Gasteiger partial charge in [-0.2, -0.15) is 5.10 Å². The number of hydrogen-bond donors (Lipinski definition) is 2. The Hall–Kier alpha value is -2.84. The van der Waals surface area contributed by atoms with Crippen LogP contribution in [0, 0.1) is 0 Å². The number of nitrogens with zero attached hydrogens (tertiary/aromatic N) is 4. The lowest BCUT2D eigenvalue weighted by molar-refractivity contribution is 0.240. The largest absolute Gasteiger partial charge is 0.481 e. The molecule has 26 heavy (non-hydrogen) atoms. The van der Waals surface area contributed by atoms with E-state index in [4.69, 9.17) is 4.74 Å². The number of nitrogens with one attached hydrogen (secondary N) is 2. The van der Waals surface area contributed by atoms with E-state index in [1.807, 2.05) is 6.07 Å². The van der Waals surface area contributed by atoms with Gasteiger partial charge in [-0.05, 0) is 25.3 Å². The van der Waals surface area contributed by atoms with Crippen molar-refractivity contribution in [3.63, 3.8) is 0 Å². The summed E-state index contributed by atoms with van der Waals surface area (Å²) in [6, 6.07) is 3.37. The highest BCUT2D eigenvalue weighted by atomic mass is 16.5. The fraction of sp³-hybridized carbons (Fsp3) is 0.529. The topological polar surface area (TPSA) is 103 Å². The van der Waals surface area contributed by atoms with Crippen LogP contribution in [0.3, 0.4) is 0 Å². The van der Waals surface area contributed by atoms with Gasteiger partial charge in [0.1, 0.15) is 5.82 Å². The molecule has 0 unspecified atom stereocenters. The number of carbonyl (C=O) groups is 1. The molecular weight excluding hydrogens is 336 g/mol. The average molecular weight is 360 g/mol. The number of amides is 2. The fourth-order valence-electron chi connectivity index (χ4n) is 3.01. The molecule has 0 fully saturated rings. The molecule has 0 saturated heterocycles. The zero-order valence-electron chi connectivity index (χ0n) is 14.9. The maximum atomic E-state index is 12.2. The van der Waals surface area contributed by atoms with Gasteiger partial charge in [0, 0.05) is 44.4 Å². The zero-order chi connectivity index (χ0) is 18.4. The van der Waals surface area contributed by atoms with Crippen LogP contribution < -0.4 is 21.1 Å². The summed E-state index contributed by atoms with van der Waals surface area (Å²) in [5, 5.41) is 9.93. The van der Waals surface area contributed by atoms with Crippen LogP contribution in [-0.2, 0) is 26.1 Å². The predicted molar refractivity (Wildman–Crippen MR) is 95.1 cm³/mol. The van der Waals surface area contributed by atoms with Gasteiger partial charge in [0.15, 0.2) is 0 Å². The second-order valence-corrected chi connectivity index (χ2v) is 6.17. The molecule has 0 bridgehead atoms. The normalized spacial score (nSPS) is 13.1. The van der Waals surface area contributed by atoms with Crippen LogP contribution in [0.15, 0.2) is 23.1 Å². The standard InChI is InChI=1S/C17H24N6O3/c1-26-15-13(6-4-8-18-15)12-20-16(24)19-9-5-11-23-17(25)22-10-3-2-7-14(22)21-23/h4,6,8H,2-3,5,7,9-12H2,1H3,(H2,19,20,24). The van der Waals surface area contributed by atoms with Gasteiger partial charge in [-0.15, -0.1) is 0 Å². The average Bonchev–Trinajstić information content (AvgIpc) is 3.00. The third-order valence-electron chi connectivity index (χ3n) is 4.35. The van der Waals surface area contributed by atoms with E-state index >= 15 is 0 Å². The quantitative estimate of drug-likeness (QED) is 0.707. The highest BCUT2D eigenvalue weighted by molar-refractivity contribution is 5.73. The highest BCUT2D eigenvalue weighted by Gasteiger charge is 2.16. The van der Waals surface area contributed by atoms with Crippen molar-refractivity contribution in [1.29, 1.82) is 0 Å². The maximum Gasteiger partial charge on any atom is 0.345 e. The Morgan fingerprint density at radius 2 is 2.23 bits per heavy atom. The summed E-state index contributed by atoms with van der Waals surface area (Å²) in [5.41, 5.74) is 0.758. The first-order valence-electron chi connectivity index (χ1n) is 8.85. The molecule has 0 aliphatic carbocycles. The van der Waals surface area contributed by atoms with E-state index in [0.717, 1.165) is 37.2 Å². The van der Waals surface area contributed by atoms with Crippen LogP contribution in [0.25, 0.3) is 0 Å². The predicted octanol–water partition coefficient (Wildman–Crippen LogP) is 0.674. The van der Waals surface area contributed by atoms with Crippen molar-refractivity contribution in [1.82, 2.24) is 30.0 Å². The molecule has 2 aromatic rings. The number of methoxy groups -OCH3 is 1. The number of aryl methyl sites for hydroxylation is 2. The minimum absolute atomic E-state index is 0.0483. The minimum Gasteiger partial charge on any atom is -0.481 e. The van der Waals surface area contributed by atoms with Gasteiger partial charge < -0.3 is 15.4 Å². The summed E-state index contributed by atoms with van der Waals surface area (Å²) in [6.07, 6.45) is 5.25. The van der Waals surface area contributed by atoms with E-state index in [0.29, 0.717) is 31.9 Å². The number of aromatic nitrogens is 4. The number of fused-ring (bicyclic) bond motifs is 1. The van der Waals surface area contributed by atoms with Crippen molar-refractivity contribution in [3.05, 3.63) is 40.2 Å². The highest BCUT2D eigenvalue weighted by Crippen LogP contribution is 2.12. The minimum atomic E-state index is -0.271. The van der Waals surface area contributed by atoms with Crippen LogP contribution in [0.5, 0.6) is 5.88 Å². The van der Waals surface area contributed by atoms with E-state index in [1.165, 1.54) is 4.68 Å². The van der Waals surface area contributed by atoms with Gasteiger partial charge in [-0.1, -0.05) is 6.07 Å². The SMILES string of the molecule is COc1ncccc1CNC(=O)NCCCn1nc2n(c1=O)CCCC2.